The third-order valence-electron chi connectivity index (χ3n) is 6.62. The maximum absolute atomic E-state index is 12.4. The Hall–Kier alpha value is -1.23. The molecule has 1 atom stereocenters. The lowest BCUT2D eigenvalue weighted by molar-refractivity contribution is -0.0642. The van der Waals surface area contributed by atoms with Gasteiger partial charge in [0.15, 0.2) is 0 Å². The first-order valence-corrected chi connectivity index (χ1v) is 10.5. The monoisotopic (exact) mass is 346 g/mol. The van der Waals surface area contributed by atoms with Crippen molar-refractivity contribution in [3.63, 3.8) is 0 Å². The van der Waals surface area contributed by atoms with E-state index in [4.69, 9.17) is 0 Å². The van der Waals surface area contributed by atoms with Gasteiger partial charge in [-0.15, -0.1) is 0 Å². The molecule has 0 saturated heterocycles. The van der Waals surface area contributed by atoms with Crippen molar-refractivity contribution >= 4 is 10.0 Å². The quantitative estimate of drug-likeness (QED) is 0.739. The summed E-state index contributed by atoms with van der Waals surface area (Å²) in [7, 11) is -3.69. The lowest BCUT2D eigenvalue weighted by Gasteiger charge is -2.58. The van der Waals surface area contributed by atoms with E-state index >= 15 is 0 Å². The molecule has 24 heavy (non-hydrogen) atoms. The Kier molecular flexibility index (Phi) is 3.83. The first-order chi connectivity index (χ1) is 11.4. The first-order valence-electron chi connectivity index (χ1n) is 9.10. The van der Waals surface area contributed by atoms with Crippen LogP contribution in [0.15, 0.2) is 38.8 Å². The minimum Gasteiger partial charge on any atom is -0.198 e. The highest BCUT2D eigenvalue weighted by Crippen LogP contribution is 2.61. The van der Waals surface area contributed by atoms with Crippen LogP contribution in [0.25, 0.3) is 0 Å². The molecule has 130 valence electrons. The molecule has 0 radical (unpaired) electrons. The van der Waals surface area contributed by atoms with Gasteiger partial charge < -0.3 is 0 Å². The van der Waals surface area contributed by atoms with E-state index in [2.05, 4.69) is 16.6 Å². The molecule has 5 rings (SSSR count). The van der Waals surface area contributed by atoms with Crippen molar-refractivity contribution in [3.8, 4) is 0 Å². The van der Waals surface area contributed by atoms with Gasteiger partial charge in [0, 0.05) is 0 Å². The van der Waals surface area contributed by atoms with Gasteiger partial charge in [-0.25, -0.2) is 0 Å². The third-order valence-corrected chi connectivity index (χ3v) is 7.80. The molecule has 4 bridgehead atoms. The van der Waals surface area contributed by atoms with E-state index in [1.54, 1.807) is 24.3 Å². The van der Waals surface area contributed by atoms with Crippen LogP contribution < -0.4 is 0 Å². The van der Waals surface area contributed by atoms with Crippen LogP contribution in [-0.2, 0) is 10.0 Å². The van der Waals surface area contributed by atoms with Gasteiger partial charge in [-0.2, -0.15) is 13.5 Å². The molecule has 1 aromatic carbocycles. The van der Waals surface area contributed by atoms with Crippen LogP contribution in [-0.4, -0.2) is 14.5 Å². The normalized spacial score (nSPS) is 36.3. The van der Waals surface area contributed by atoms with Crippen LogP contribution in [0.5, 0.6) is 0 Å². The van der Waals surface area contributed by atoms with E-state index in [0.29, 0.717) is 0 Å². The van der Waals surface area contributed by atoms with Crippen LogP contribution in [0.2, 0.25) is 0 Å². The Bertz CT molecular complexity index is 717. The Morgan fingerprint density at radius 3 is 2.00 bits per heavy atom. The summed E-state index contributed by atoms with van der Waals surface area (Å²) < 4.78 is 28.6. The van der Waals surface area contributed by atoms with E-state index in [9.17, 15) is 8.42 Å². The van der Waals surface area contributed by atoms with Gasteiger partial charge in [-0.1, -0.05) is 22.2 Å². The Labute approximate surface area is 144 Å². The van der Waals surface area contributed by atoms with Crippen molar-refractivity contribution < 1.29 is 8.42 Å². The first kappa shape index (κ1) is 16.2. The van der Waals surface area contributed by atoms with E-state index in [1.807, 2.05) is 6.92 Å². The molecule has 4 nitrogen and oxygen atoms in total. The zero-order valence-corrected chi connectivity index (χ0v) is 15.3. The number of nitrogens with zero attached hydrogens (tertiary/aromatic N) is 2. The number of aryl methyl sites for hydroxylation is 1. The minimum atomic E-state index is -3.69. The van der Waals surface area contributed by atoms with Crippen molar-refractivity contribution in [2.75, 3.05) is 0 Å². The second-order valence-electron chi connectivity index (χ2n) is 8.44. The fourth-order valence-corrected chi connectivity index (χ4v) is 6.54. The molecule has 0 unspecified atom stereocenters. The maximum Gasteiger partial charge on any atom is 0.299 e. The standard InChI is InChI=1S/C19H26N2O2S/c1-13-3-5-18(6-4-13)24(22,23)21-20-14(2)19-10-15-7-16(11-19)9-17(8-15)12-19/h3-6,14-17H,7-12H2,1-2H3/t14-,15?,16?,17?,19?/m1/s1. The van der Waals surface area contributed by atoms with E-state index in [0.717, 1.165) is 23.3 Å². The molecule has 4 aliphatic carbocycles. The maximum atomic E-state index is 12.4. The van der Waals surface area contributed by atoms with Crippen molar-refractivity contribution in [2.24, 2.45) is 32.8 Å². The summed E-state index contributed by atoms with van der Waals surface area (Å²) >= 11 is 0. The van der Waals surface area contributed by atoms with Gasteiger partial charge in [-0.3, -0.25) is 0 Å². The molecule has 0 amide bonds. The summed E-state index contributed by atoms with van der Waals surface area (Å²) in [6.07, 6.45) is 7.78. The Morgan fingerprint density at radius 1 is 1.00 bits per heavy atom. The predicted octanol–water partition coefficient (Wildman–Crippen LogP) is 4.74. The van der Waals surface area contributed by atoms with Crippen LogP contribution in [0, 0.1) is 30.1 Å². The van der Waals surface area contributed by atoms with Crippen molar-refractivity contribution in [1.29, 1.82) is 0 Å². The molecule has 0 aromatic heterocycles. The lowest BCUT2D eigenvalue weighted by atomic mass is 9.48. The second kappa shape index (κ2) is 5.65. The lowest BCUT2D eigenvalue weighted by Crippen LogP contribution is -2.50. The molecule has 0 spiro atoms. The minimum absolute atomic E-state index is 0.00822. The topological polar surface area (TPSA) is 58.9 Å². The van der Waals surface area contributed by atoms with Crippen molar-refractivity contribution in [2.45, 2.75) is 63.3 Å². The fraction of sp³-hybridized carbons (Fsp3) is 0.684. The summed E-state index contributed by atoms with van der Waals surface area (Å²) in [6.45, 7) is 4.01. The van der Waals surface area contributed by atoms with Gasteiger partial charge in [0.25, 0.3) is 10.0 Å². The van der Waals surface area contributed by atoms with E-state index in [-0.39, 0.29) is 16.4 Å². The number of benzene rings is 1. The highest BCUT2D eigenvalue weighted by atomic mass is 32.2. The number of hydrogen-bond donors (Lipinski definition) is 0. The highest BCUT2D eigenvalue weighted by molar-refractivity contribution is 7.90. The van der Waals surface area contributed by atoms with Crippen molar-refractivity contribution in [3.05, 3.63) is 29.8 Å². The molecule has 4 saturated carbocycles. The summed E-state index contributed by atoms with van der Waals surface area (Å²) in [5.74, 6) is 2.51. The number of rotatable bonds is 4. The largest absolute Gasteiger partial charge is 0.299 e. The SMILES string of the molecule is Cc1ccc(S(=O)(=O)N=N[C@H](C)C23CC4CC(CC(C4)C2)C3)cc1. The molecule has 4 aliphatic rings. The third kappa shape index (κ3) is 2.81. The zero-order valence-electron chi connectivity index (χ0n) is 14.5. The van der Waals surface area contributed by atoms with Crippen molar-refractivity contribution in [1.82, 2.24) is 0 Å². The van der Waals surface area contributed by atoms with E-state index in [1.165, 1.54) is 38.5 Å². The predicted molar refractivity (Wildman–Crippen MR) is 93.3 cm³/mol. The summed E-state index contributed by atoms with van der Waals surface area (Å²) in [4.78, 5) is 0.231. The van der Waals surface area contributed by atoms with Gasteiger partial charge in [0.2, 0.25) is 0 Å². The van der Waals surface area contributed by atoms with Crippen LogP contribution in [0.3, 0.4) is 0 Å². The van der Waals surface area contributed by atoms with E-state index < -0.39 is 10.0 Å². The van der Waals surface area contributed by atoms with Crippen LogP contribution in [0.4, 0.5) is 0 Å². The average molecular weight is 346 g/mol. The number of sulfonamides is 1. The highest BCUT2D eigenvalue weighted by Gasteiger charge is 2.53. The average Bonchev–Trinajstić information content (AvgIpc) is 2.52. The summed E-state index contributed by atoms with van der Waals surface area (Å²) in [6, 6.07) is 6.81. The number of hydrogen-bond acceptors (Lipinski definition) is 3. The molecule has 0 heterocycles. The molecule has 0 aliphatic heterocycles. The summed E-state index contributed by atoms with van der Waals surface area (Å²) in [5.41, 5.74) is 1.23. The van der Waals surface area contributed by atoms with Gasteiger partial charge >= 0.3 is 0 Å². The van der Waals surface area contributed by atoms with Gasteiger partial charge in [-0.05, 0) is 87.7 Å². The van der Waals surface area contributed by atoms with Gasteiger partial charge in [0.1, 0.15) is 0 Å². The molecule has 4 fully saturated rings. The fourth-order valence-electron chi connectivity index (χ4n) is 5.70. The molecule has 0 N–H and O–H groups in total. The van der Waals surface area contributed by atoms with Gasteiger partial charge in [0.05, 0.1) is 10.9 Å². The second-order valence-corrected chi connectivity index (χ2v) is 10.0. The molecule has 1 aromatic rings. The molecule has 5 heteroatoms. The smallest absolute Gasteiger partial charge is 0.198 e. The van der Waals surface area contributed by atoms with Crippen LogP contribution in [0.1, 0.15) is 51.0 Å². The Balaban J connectivity index is 1.54. The van der Waals surface area contributed by atoms with Crippen LogP contribution >= 0.6 is 0 Å². The molecular weight excluding hydrogens is 320 g/mol. The zero-order chi connectivity index (χ0) is 16.9. The Morgan fingerprint density at radius 2 is 1.50 bits per heavy atom. The molecular formula is C19H26N2O2S. The summed E-state index contributed by atoms with van der Waals surface area (Å²) in [5, 5.41) is 4.32.